The predicted molar refractivity (Wildman–Crippen MR) is 140 cm³/mol. The van der Waals surface area contributed by atoms with Crippen molar-refractivity contribution in [2.75, 3.05) is 0 Å². The molecule has 9 nitrogen and oxygen atoms in total. The molecule has 4 rings (SSSR count). The van der Waals surface area contributed by atoms with Crippen LogP contribution in [-0.2, 0) is 6.61 Å². The molecule has 0 fully saturated rings. The van der Waals surface area contributed by atoms with Crippen LogP contribution in [0.25, 0.3) is 10.1 Å². The third-order valence-corrected chi connectivity index (χ3v) is 6.82. The number of non-ortho nitro benzene ring substituents is 1. The first-order chi connectivity index (χ1) is 16.8. The maximum absolute atomic E-state index is 12.4. The average Bonchev–Trinajstić information content (AvgIpc) is 3.27. The third-order valence-electron chi connectivity index (χ3n) is 4.87. The second-order valence-electron chi connectivity index (χ2n) is 7.27. The van der Waals surface area contributed by atoms with Gasteiger partial charge in [-0.1, -0.05) is 12.1 Å². The van der Waals surface area contributed by atoms with Crippen LogP contribution in [0.3, 0.4) is 0 Å². The largest absolute Gasteiger partial charge is 0.488 e. The van der Waals surface area contributed by atoms with Gasteiger partial charge < -0.3 is 9.84 Å². The number of ether oxygens (including phenoxy) is 1. The quantitative estimate of drug-likeness (QED) is 0.120. The highest BCUT2D eigenvalue weighted by Gasteiger charge is 2.13. The first-order valence-corrected chi connectivity index (χ1v) is 12.0. The van der Waals surface area contributed by atoms with E-state index in [-0.39, 0.29) is 17.9 Å². The molecule has 0 unspecified atom stereocenters. The van der Waals surface area contributed by atoms with Crippen molar-refractivity contribution in [2.45, 2.75) is 6.61 Å². The molecule has 0 atom stereocenters. The first-order valence-electron chi connectivity index (χ1n) is 10.1. The average molecular weight is 601 g/mol. The lowest BCUT2D eigenvalue weighted by atomic mass is 10.1. The normalized spacial score (nSPS) is 11.0. The van der Waals surface area contributed by atoms with E-state index < -0.39 is 16.8 Å². The van der Waals surface area contributed by atoms with Crippen molar-refractivity contribution in [3.8, 4) is 5.75 Å². The van der Waals surface area contributed by atoms with Crippen molar-refractivity contribution in [3.63, 3.8) is 0 Å². The third kappa shape index (κ3) is 6.00. The second kappa shape index (κ2) is 10.6. The van der Waals surface area contributed by atoms with E-state index in [2.05, 4.69) is 33.1 Å². The minimum atomic E-state index is -0.976. The molecule has 11 heteroatoms. The SMILES string of the molecule is O=C(O)c1ccc(COc2ccc(/C=N\NC(=O)c3cc4cc([N+](=O)[O-])ccc4s3)cc2I)cc1. The maximum Gasteiger partial charge on any atom is 0.335 e. The van der Waals surface area contributed by atoms with Crippen LogP contribution in [0.2, 0.25) is 0 Å². The van der Waals surface area contributed by atoms with Gasteiger partial charge in [0.1, 0.15) is 12.4 Å². The van der Waals surface area contributed by atoms with Gasteiger partial charge in [0.2, 0.25) is 0 Å². The van der Waals surface area contributed by atoms with E-state index in [1.165, 1.54) is 41.8 Å². The highest BCUT2D eigenvalue weighted by atomic mass is 127. The number of nitrogens with one attached hydrogen (secondary N) is 1. The fourth-order valence-corrected chi connectivity index (χ4v) is 4.72. The van der Waals surface area contributed by atoms with Gasteiger partial charge in [0.15, 0.2) is 0 Å². The number of carbonyl (C=O) groups excluding carboxylic acids is 1. The standard InChI is InChI=1S/C24H16IN3O6S/c25-19-9-15(3-7-20(19)34-13-14-1-4-16(5-2-14)24(30)31)12-26-27-23(29)22-11-17-10-18(28(32)33)6-8-21(17)35-22/h1-12H,13H2,(H,27,29)(H,30,31)/b26-12-. The molecule has 1 heterocycles. The Balaban J connectivity index is 1.35. The molecule has 0 spiro atoms. The van der Waals surface area contributed by atoms with E-state index in [0.29, 0.717) is 16.0 Å². The molecular weight excluding hydrogens is 585 g/mol. The number of benzene rings is 3. The van der Waals surface area contributed by atoms with Crippen molar-refractivity contribution in [3.05, 3.63) is 102 Å². The molecule has 35 heavy (non-hydrogen) atoms. The lowest BCUT2D eigenvalue weighted by molar-refractivity contribution is -0.384. The molecule has 0 bridgehead atoms. The highest BCUT2D eigenvalue weighted by molar-refractivity contribution is 14.1. The van der Waals surface area contributed by atoms with Crippen LogP contribution in [0, 0.1) is 13.7 Å². The second-order valence-corrected chi connectivity index (χ2v) is 9.52. The molecule has 4 aromatic rings. The van der Waals surface area contributed by atoms with E-state index in [1.54, 1.807) is 36.4 Å². The molecule has 2 N–H and O–H groups in total. The van der Waals surface area contributed by atoms with Crippen molar-refractivity contribution in [1.29, 1.82) is 0 Å². The molecule has 1 amide bonds. The topological polar surface area (TPSA) is 131 Å². The summed E-state index contributed by atoms with van der Waals surface area (Å²) in [5, 5.41) is 24.5. The number of nitro groups is 1. The molecule has 0 aliphatic heterocycles. The Bertz CT molecular complexity index is 1470. The molecular formula is C24H16IN3O6S. The number of amides is 1. The smallest absolute Gasteiger partial charge is 0.335 e. The monoisotopic (exact) mass is 601 g/mol. The lowest BCUT2D eigenvalue weighted by Crippen LogP contribution is -2.16. The summed E-state index contributed by atoms with van der Waals surface area (Å²) in [6.07, 6.45) is 1.51. The van der Waals surface area contributed by atoms with E-state index >= 15 is 0 Å². The summed E-state index contributed by atoms with van der Waals surface area (Å²) < 4.78 is 7.43. The first kappa shape index (κ1) is 24.3. The van der Waals surface area contributed by atoms with Crippen LogP contribution < -0.4 is 10.2 Å². The summed E-state index contributed by atoms with van der Waals surface area (Å²) >= 11 is 3.36. The summed E-state index contributed by atoms with van der Waals surface area (Å²) in [7, 11) is 0. The molecule has 3 aromatic carbocycles. The van der Waals surface area contributed by atoms with Gasteiger partial charge >= 0.3 is 5.97 Å². The van der Waals surface area contributed by atoms with Crippen LogP contribution in [0.15, 0.2) is 71.8 Å². The van der Waals surface area contributed by atoms with Gasteiger partial charge in [-0.05, 0) is 76.2 Å². The van der Waals surface area contributed by atoms with Crippen molar-refractivity contribution >= 4 is 67.8 Å². The number of nitrogens with zero attached hydrogens (tertiary/aromatic N) is 2. The maximum atomic E-state index is 12.4. The number of thiophene rings is 1. The van der Waals surface area contributed by atoms with Crippen molar-refractivity contribution in [1.82, 2.24) is 5.43 Å². The fraction of sp³-hybridized carbons (Fsp3) is 0.0417. The summed E-state index contributed by atoms with van der Waals surface area (Å²) in [4.78, 5) is 34.2. The van der Waals surface area contributed by atoms with Crippen LogP contribution in [0.5, 0.6) is 5.75 Å². The number of hydrogen-bond donors (Lipinski definition) is 2. The summed E-state index contributed by atoms with van der Waals surface area (Å²) in [5.74, 6) is -0.724. The minimum absolute atomic E-state index is 0.0293. The van der Waals surface area contributed by atoms with Crippen molar-refractivity contribution in [2.24, 2.45) is 5.10 Å². The number of carboxylic acid groups (broad SMARTS) is 1. The molecule has 1 aromatic heterocycles. The number of carboxylic acids is 1. The molecule has 0 saturated heterocycles. The lowest BCUT2D eigenvalue weighted by Gasteiger charge is -2.09. The Hall–Kier alpha value is -3.84. The molecule has 0 radical (unpaired) electrons. The zero-order chi connectivity index (χ0) is 24.9. The Kier molecular flexibility index (Phi) is 7.36. The predicted octanol–water partition coefficient (Wildman–Crippen LogP) is 5.46. The fourth-order valence-electron chi connectivity index (χ4n) is 3.10. The van der Waals surface area contributed by atoms with Gasteiger partial charge in [-0.2, -0.15) is 5.10 Å². The summed E-state index contributed by atoms with van der Waals surface area (Å²) in [6.45, 7) is 0.289. The van der Waals surface area contributed by atoms with E-state index in [4.69, 9.17) is 9.84 Å². The number of fused-ring (bicyclic) bond motifs is 1. The van der Waals surface area contributed by atoms with Gasteiger partial charge in [-0.25, -0.2) is 10.2 Å². The Morgan fingerprint density at radius 1 is 1.11 bits per heavy atom. The van der Waals surface area contributed by atoms with Crippen LogP contribution in [-0.4, -0.2) is 28.1 Å². The number of hydrogen-bond acceptors (Lipinski definition) is 7. The zero-order valence-corrected chi connectivity index (χ0v) is 20.8. The van der Waals surface area contributed by atoms with Gasteiger partial charge in [0.05, 0.1) is 25.1 Å². The van der Waals surface area contributed by atoms with E-state index in [9.17, 15) is 19.7 Å². The van der Waals surface area contributed by atoms with Gasteiger partial charge in [0.25, 0.3) is 11.6 Å². The number of nitro benzene ring substituents is 1. The number of halogens is 1. The Morgan fingerprint density at radius 2 is 1.89 bits per heavy atom. The van der Waals surface area contributed by atoms with Gasteiger partial charge in [-0.15, -0.1) is 11.3 Å². The Labute approximate surface area is 216 Å². The molecule has 0 saturated carbocycles. The highest BCUT2D eigenvalue weighted by Crippen LogP contribution is 2.29. The molecule has 176 valence electrons. The van der Waals surface area contributed by atoms with Crippen LogP contribution in [0.1, 0.15) is 31.2 Å². The molecule has 0 aliphatic rings. The number of aromatic carboxylic acids is 1. The van der Waals surface area contributed by atoms with E-state index in [0.717, 1.165) is 19.4 Å². The zero-order valence-electron chi connectivity index (χ0n) is 17.8. The number of carbonyl (C=O) groups is 2. The Morgan fingerprint density at radius 3 is 2.57 bits per heavy atom. The van der Waals surface area contributed by atoms with E-state index in [1.807, 2.05) is 6.07 Å². The molecule has 0 aliphatic carbocycles. The van der Waals surface area contributed by atoms with Crippen molar-refractivity contribution < 1.29 is 24.4 Å². The summed E-state index contributed by atoms with van der Waals surface area (Å²) in [5.41, 5.74) is 4.25. The van der Waals surface area contributed by atoms with Gasteiger partial charge in [0, 0.05) is 22.2 Å². The van der Waals surface area contributed by atoms with Crippen LogP contribution in [0.4, 0.5) is 5.69 Å². The van der Waals surface area contributed by atoms with Crippen LogP contribution >= 0.6 is 33.9 Å². The number of hydrazone groups is 1. The number of rotatable bonds is 8. The van der Waals surface area contributed by atoms with Gasteiger partial charge in [-0.3, -0.25) is 14.9 Å². The minimum Gasteiger partial charge on any atom is -0.488 e. The summed E-state index contributed by atoms with van der Waals surface area (Å²) in [6, 6.07) is 18.0.